The number of aromatic nitrogens is 2. The summed E-state index contributed by atoms with van der Waals surface area (Å²) in [6.45, 7) is 3.78. The lowest BCUT2D eigenvalue weighted by Gasteiger charge is -1.91. The van der Waals surface area contributed by atoms with Gasteiger partial charge in [-0.05, 0) is 13.8 Å². The molecule has 5 heteroatoms. The normalized spacial score (nSPS) is 10.6. The Hall–Kier alpha value is -1.36. The van der Waals surface area contributed by atoms with Gasteiger partial charge in [-0.2, -0.15) is 0 Å². The number of thiazole rings is 1. The molecule has 2 aromatic rings. The maximum absolute atomic E-state index is 5.54. The van der Waals surface area contributed by atoms with Crippen LogP contribution in [0.4, 0.5) is 5.13 Å². The first-order valence-electron chi connectivity index (χ1n) is 3.83. The van der Waals surface area contributed by atoms with Gasteiger partial charge in [-0.3, -0.25) is 0 Å². The van der Waals surface area contributed by atoms with Gasteiger partial charge >= 0.3 is 0 Å². The third-order valence-corrected chi connectivity index (χ3v) is 2.65. The molecule has 2 aromatic heterocycles. The van der Waals surface area contributed by atoms with Crippen molar-refractivity contribution in [2.75, 3.05) is 5.73 Å². The fourth-order valence-corrected chi connectivity index (χ4v) is 2.07. The van der Waals surface area contributed by atoms with Gasteiger partial charge in [-0.15, -0.1) is 0 Å². The second-order valence-corrected chi connectivity index (χ2v) is 3.82. The van der Waals surface area contributed by atoms with Crippen LogP contribution in [-0.2, 0) is 0 Å². The van der Waals surface area contributed by atoms with Crippen molar-refractivity contribution in [3.05, 3.63) is 17.7 Å². The molecule has 68 valence electrons. The summed E-state index contributed by atoms with van der Waals surface area (Å²) in [4.78, 5) is 4.99. The highest BCUT2D eigenvalue weighted by Gasteiger charge is 2.13. The smallest absolute Gasteiger partial charge is 0.180 e. The molecule has 0 aliphatic heterocycles. The minimum atomic E-state index is 0.565. The van der Waals surface area contributed by atoms with E-state index in [1.54, 1.807) is 6.20 Å². The molecule has 2 rings (SSSR count). The molecule has 2 N–H and O–H groups in total. The Morgan fingerprint density at radius 2 is 2.23 bits per heavy atom. The second kappa shape index (κ2) is 2.85. The lowest BCUT2D eigenvalue weighted by atomic mass is 10.2. The van der Waals surface area contributed by atoms with E-state index >= 15 is 0 Å². The van der Waals surface area contributed by atoms with Crippen LogP contribution in [0.2, 0.25) is 0 Å². The average molecular weight is 195 g/mol. The zero-order valence-electron chi connectivity index (χ0n) is 7.37. The topological polar surface area (TPSA) is 64.9 Å². The largest absolute Gasteiger partial charge is 0.375 e. The van der Waals surface area contributed by atoms with Crippen LogP contribution in [0.15, 0.2) is 10.7 Å². The zero-order valence-corrected chi connectivity index (χ0v) is 8.18. The molecule has 0 aliphatic carbocycles. The third kappa shape index (κ3) is 1.31. The van der Waals surface area contributed by atoms with Crippen molar-refractivity contribution in [1.29, 1.82) is 0 Å². The molecule has 0 saturated heterocycles. The molecule has 0 aliphatic rings. The summed E-state index contributed by atoms with van der Waals surface area (Å²) in [6, 6.07) is 0. The highest BCUT2D eigenvalue weighted by Crippen LogP contribution is 2.32. The fourth-order valence-electron chi connectivity index (χ4n) is 1.24. The number of nitrogen functional groups attached to an aromatic ring is 1. The summed E-state index contributed by atoms with van der Waals surface area (Å²) in [6.07, 6.45) is 1.74. The minimum Gasteiger partial charge on any atom is -0.375 e. The van der Waals surface area contributed by atoms with Crippen LogP contribution >= 0.6 is 11.3 Å². The molecule has 13 heavy (non-hydrogen) atoms. The number of anilines is 1. The van der Waals surface area contributed by atoms with Crippen molar-refractivity contribution in [3.8, 4) is 10.4 Å². The number of nitrogens with two attached hydrogens (primary N) is 1. The van der Waals surface area contributed by atoms with Crippen LogP contribution in [0, 0.1) is 13.8 Å². The maximum atomic E-state index is 5.54. The molecule has 0 atom stereocenters. The SMILES string of the molecule is Cc1noc(C)c1-c1cnc(N)s1. The average Bonchev–Trinajstić information content (AvgIpc) is 2.60. The quantitative estimate of drug-likeness (QED) is 0.755. The summed E-state index contributed by atoms with van der Waals surface area (Å²) >= 11 is 1.44. The number of nitrogens with zero attached hydrogens (tertiary/aromatic N) is 2. The van der Waals surface area contributed by atoms with E-state index in [4.69, 9.17) is 10.3 Å². The first-order valence-corrected chi connectivity index (χ1v) is 4.64. The maximum Gasteiger partial charge on any atom is 0.180 e. The molecular weight excluding hydrogens is 186 g/mol. The first-order chi connectivity index (χ1) is 6.18. The first kappa shape index (κ1) is 8.25. The number of aryl methyl sites for hydroxylation is 2. The standard InChI is InChI=1S/C8H9N3OS/c1-4-7(5(2)12-11-4)6-3-10-8(9)13-6/h3H,1-2H3,(H2,9,10). The lowest BCUT2D eigenvalue weighted by Crippen LogP contribution is -1.77. The van der Waals surface area contributed by atoms with Gasteiger partial charge in [0.25, 0.3) is 0 Å². The predicted molar refractivity (Wildman–Crippen MR) is 51.5 cm³/mol. The van der Waals surface area contributed by atoms with Gasteiger partial charge in [0.1, 0.15) is 5.76 Å². The molecule has 0 spiro atoms. The second-order valence-electron chi connectivity index (χ2n) is 2.76. The summed E-state index contributed by atoms with van der Waals surface area (Å²) in [7, 11) is 0. The number of hydrogen-bond donors (Lipinski definition) is 1. The minimum absolute atomic E-state index is 0.565. The Labute approximate surface area is 79.4 Å². The summed E-state index contributed by atoms with van der Waals surface area (Å²) in [5.74, 6) is 0.807. The monoisotopic (exact) mass is 195 g/mol. The Kier molecular flexibility index (Phi) is 1.81. The molecule has 0 unspecified atom stereocenters. The Balaban J connectivity index is 2.57. The number of hydrogen-bond acceptors (Lipinski definition) is 5. The zero-order chi connectivity index (χ0) is 9.42. The Morgan fingerprint density at radius 3 is 2.69 bits per heavy atom. The van der Waals surface area contributed by atoms with Crippen molar-refractivity contribution >= 4 is 16.5 Å². The molecule has 2 heterocycles. The highest BCUT2D eigenvalue weighted by atomic mass is 32.1. The van der Waals surface area contributed by atoms with Crippen LogP contribution in [0.25, 0.3) is 10.4 Å². The van der Waals surface area contributed by atoms with E-state index in [2.05, 4.69) is 10.1 Å². The van der Waals surface area contributed by atoms with E-state index < -0.39 is 0 Å². The van der Waals surface area contributed by atoms with E-state index in [0.717, 1.165) is 21.9 Å². The van der Waals surface area contributed by atoms with Crippen molar-refractivity contribution in [2.45, 2.75) is 13.8 Å². The third-order valence-electron chi connectivity index (χ3n) is 1.80. The van der Waals surface area contributed by atoms with Gasteiger partial charge in [-0.1, -0.05) is 16.5 Å². The van der Waals surface area contributed by atoms with Crippen molar-refractivity contribution < 1.29 is 4.52 Å². The molecular formula is C8H9N3OS. The van der Waals surface area contributed by atoms with Gasteiger partial charge < -0.3 is 10.3 Å². The van der Waals surface area contributed by atoms with Crippen LogP contribution in [0.3, 0.4) is 0 Å². The van der Waals surface area contributed by atoms with Crippen LogP contribution in [-0.4, -0.2) is 10.1 Å². The Morgan fingerprint density at radius 1 is 1.46 bits per heavy atom. The van der Waals surface area contributed by atoms with Crippen molar-refractivity contribution in [3.63, 3.8) is 0 Å². The summed E-state index contributed by atoms with van der Waals surface area (Å²) in [5, 5.41) is 4.43. The summed E-state index contributed by atoms with van der Waals surface area (Å²) < 4.78 is 5.05. The predicted octanol–water partition coefficient (Wildman–Crippen LogP) is 2.00. The van der Waals surface area contributed by atoms with Crippen molar-refractivity contribution in [2.24, 2.45) is 0 Å². The Bertz CT molecular complexity index is 413. The van der Waals surface area contributed by atoms with E-state index in [1.807, 2.05) is 13.8 Å². The van der Waals surface area contributed by atoms with Gasteiger partial charge in [-0.25, -0.2) is 4.98 Å². The highest BCUT2D eigenvalue weighted by molar-refractivity contribution is 7.18. The van der Waals surface area contributed by atoms with E-state index in [9.17, 15) is 0 Å². The van der Waals surface area contributed by atoms with Crippen LogP contribution in [0.1, 0.15) is 11.5 Å². The van der Waals surface area contributed by atoms with Gasteiger partial charge in [0.2, 0.25) is 0 Å². The molecule has 0 amide bonds. The van der Waals surface area contributed by atoms with Crippen LogP contribution < -0.4 is 5.73 Å². The molecule has 0 aromatic carbocycles. The van der Waals surface area contributed by atoms with Crippen molar-refractivity contribution in [1.82, 2.24) is 10.1 Å². The lowest BCUT2D eigenvalue weighted by molar-refractivity contribution is 0.393. The molecule has 0 saturated carbocycles. The summed E-state index contributed by atoms with van der Waals surface area (Å²) in [5.41, 5.74) is 7.43. The molecule has 0 bridgehead atoms. The number of rotatable bonds is 1. The molecule has 0 fully saturated rings. The van der Waals surface area contributed by atoms with E-state index in [0.29, 0.717) is 5.13 Å². The van der Waals surface area contributed by atoms with E-state index in [-0.39, 0.29) is 0 Å². The molecule has 0 radical (unpaired) electrons. The van der Waals surface area contributed by atoms with Gasteiger partial charge in [0, 0.05) is 6.20 Å². The van der Waals surface area contributed by atoms with Gasteiger partial charge in [0.15, 0.2) is 5.13 Å². The van der Waals surface area contributed by atoms with E-state index in [1.165, 1.54) is 11.3 Å². The molecule has 4 nitrogen and oxygen atoms in total. The van der Waals surface area contributed by atoms with Crippen LogP contribution in [0.5, 0.6) is 0 Å². The fraction of sp³-hybridized carbons (Fsp3) is 0.250. The van der Waals surface area contributed by atoms with Gasteiger partial charge in [0.05, 0.1) is 16.1 Å².